The Balaban J connectivity index is 2.96. The molecule has 0 aliphatic carbocycles. The maximum Gasteiger partial charge on any atom is 0.419 e. The molecule has 0 bridgehead atoms. The lowest BCUT2D eigenvalue weighted by Crippen LogP contribution is -2.11. The molecule has 1 rings (SSSR count). The standard InChI is InChI=1S/C14H18F4O/c1-3-9(4-2)7-13(19)10-5-6-12(15)11(8-10)14(16,17)18/h5-6,8-9,13,19H,3-4,7H2,1-2H3. The Morgan fingerprint density at radius 3 is 2.21 bits per heavy atom. The molecular weight excluding hydrogens is 260 g/mol. The lowest BCUT2D eigenvalue weighted by Gasteiger charge is -2.19. The molecule has 0 saturated heterocycles. The molecule has 0 amide bonds. The summed E-state index contributed by atoms with van der Waals surface area (Å²) in [6.07, 6.45) is -3.65. The van der Waals surface area contributed by atoms with E-state index in [1.807, 2.05) is 13.8 Å². The van der Waals surface area contributed by atoms with Gasteiger partial charge >= 0.3 is 6.18 Å². The Labute approximate surface area is 110 Å². The average molecular weight is 278 g/mol. The van der Waals surface area contributed by atoms with Gasteiger partial charge in [0.2, 0.25) is 0 Å². The Kier molecular flexibility index (Phi) is 5.35. The van der Waals surface area contributed by atoms with Crippen molar-refractivity contribution in [2.75, 3.05) is 0 Å². The summed E-state index contributed by atoms with van der Waals surface area (Å²) in [5, 5.41) is 9.94. The SMILES string of the molecule is CCC(CC)CC(O)c1ccc(F)c(C(F)(F)F)c1. The molecule has 0 spiro atoms. The van der Waals surface area contributed by atoms with Crippen LogP contribution in [0.15, 0.2) is 18.2 Å². The first-order valence-electron chi connectivity index (χ1n) is 6.34. The smallest absolute Gasteiger partial charge is 0.388 e. The van der Waals surface area contributed by atoms with Crippen LogP contribution in [-0.4, -0.2) is 5.11 Å². The third kappa shape index (κ3) is 4.20. The van der Waals surface area contributed by atoms with Crippen LogP contribution in [0.3, 0.4) is 0 Å². The highest BCUT2D eigenvalue weighted by Crippen LogP contribution is 2.34. The fourth-order valence-corrected chi connectivity index (χ4v) is 2.04. The van der Waals surface area contributed by atoms with Crippen LogP contribution in [0.4, 0.5) is 17.6 Å². The number of hydrogen-bond acceptors (Lipinski definition) is 1. The van der Waals surface area contributed by atoms with Crippen LogP contribution in [-0.2, 0) is 6.18 Å². The van der Waals surface area contributed by atoms with Crippen LogP contribution >= 0.6 is 0 Å². The number of benzene rings is 1. The Morgan fingerprint density at radius 2 is 1.74 bits per heavy atom. The van der Waals surface area contributed by atoms with E-state index in [0.717, 1.165) is 18.9 Å². The monoisotopic (exact) mass is 278 g/mol. The first kappa shape index (κ1) is 16.0. The minimum atomic E-state index is -4.74. The summed E-state index contributed by atoms with van der Waals surface area (Å²) in [6.45, 7) is 3.93. The highest BCUT2D eigenvalue weighted by molar-refractivity contribution is 5.28. The van der Waals surface area contributed by atoms with Crippen molar-refractivity contribution in [3.05, 3.63) is 35.1 Å². The first-order chi connectivity index (χ1) is 8.79. The topological polar surface area (TPSA) is 20.2 Å². The van der Waals surface area contributed by atoms with Gasteiger partial charge in [-0.15, -0.1) is 0 Å². The van der Waals surface area contributed by atoms with Crippen molar-refractivity contribution in [3.63, 3.8) is 0 Å². The summed E-state index contributed by atoms with van der Waals surface area (Å²) in [5.41, 5.74) is -1.21. The van der Waals surface area contributed by atoms with Gasteiger partial charge in [-0.05, 0) is 30.0 Å². The van der Waals surface area contributed by atoms with Crippen molar-refractivity contribution in [2.24, 2.45) is 5.92 Å². The molecule has 1 N–H and O–H groups in total. The van der Waals surface area contributed by atoms with Gasteiger partial charge in [0.15, 0.2) is 0 Å². The normalized spacial score (nSPS) is 13.9. The third-order valence-corrected chi connectivity index (χ3v) is 3.39. The highest BCUT2D eigenvalue weighted by atomic mass is 19.4. The summed E-state index contributed by atoms with van der Waals surface area (Å²) < 4.78 is 50.8. The molecular formula is C14H18F4O. The molecule has 0 fully saturated rings. The Hall–Kier alpha value is -1.10. The second kappa shape index (κ2) is 6.37. The van der Waals surface area contributed by atoms with Gasteiger partial charge in [-0.3, -0.25) is 0 Å². The lowest BCUT2D eigenvalue weighted by atomic mass is 9.92. The molecule has 0 heterocycles. The predicted molar refractivity (Wildman–Crippen MR) is 65.1 cm³/mol. The largest absolute Gasteiger partial charge is 0.419 e. The van der Waals surface area contributed by atoms with Crippen LogP contribution in [0.5, 0.6) is 0 Å². The maximum absolute atomic E-state index is 13.1. The zero-order valence-electron chi connectivity index (χ0n) is 11.0. The van der Waals surface area contributed by atoms with Crippen molar-refractivity contribution in [3.8, 4) is 0 Å². The molecule has 0 radical (unpaired) electrons. The summed E-state index contributed by atoms with van der Waals surface area (Å²) >= 11 is 0. The number of aliphatic hydroxyl groups excluding tert-OH is 1. The van der Waals surface area contributed by atoms with E-state index >= 15 is 0 Å². The van der Waals surface area contributed by atoms with Gasteiger partial charge < -0.3 is 5.11 Å². The highest BCUT2D eigenvalue weighted by Gasteiger charge is 2.34. The third-order valence-electron chi connectivity index (χ3n) is 3.39. The number of rotatable bonds is 5. The van der Waals surface area contributed by atoms with Gasteiger partial charge in [0.25, 0.3) is 0 Å². The molecule has 0 aromatic heterocycles. The second-order valence-corrected chi connectivity index (χ2v) is 4.67. The van der Waals surface area contributed by atoms with Gasteiger partial charge in [-0.2, -0.15) is 13.2 Å². The predicted octanol–water partition coefficient (Wildman–Crippen LogP) is 4.70. The number of alkyl halides is 3. The molecule has 108 valence electrons. The lowest BCUT2D eigenvalue weighted by molar-refractivity contribution is -0.140. The maximum atomic E-state index is 13.1. The summed E-state index contributed by atoms with van der Waals surface area (Å²) in [4.78, 5) is 0. The summed E-state index contributed by atoms with van der Waals surface area (Å²) in [7, 11) is 0. The molecule has 19 heavy (non-hydrogen) atoms. The van der Waals surface area contributed by atoms with Crippen molar-refractivity contribution < 1.29 is 22.7 Å². The fourth-order valence-electron chi connectivity index (χ4n) is 2.04. The van der Waals surface area contributed by atoms with Crippen molar-refractivity contribution in [1.82, 2.24) is 0 Å². The van der Waals surface area contributed by atoms with Crippen LogP contribution < -0.4 is 0 Å². The Morgan fingerprint density at radius 1 is 1.16 bits per heavy atom. The van der Waals surface area contributed by atoms with E-state index in [-0.39, 0.29) is 11.5 Å². The van der Waals surface area contributed by atoms with Crippen LogP contribution in [0.1, 0.15) is 50.3 Å². The Bertz CT molecular complexity index is 410. The van der Waals surface area contributed by atoms with E-state index in [4.69, 9.17) is 0 Å². The van der Waals surface area contributed by atoms with E-state index in [9.17, 15) is 22.7 Å². The van der Waals surface area contributed by atoms with Gasteiger partial charge in [-0.1, -0.05) is 32.8 Å². The van der Waals surface area contributed by atoms with Crippen molar-refractivity contribution in [2.45, 2.75) is 45.4 Å². The minimum absolute atomic E-state index is 0.112. The molecule has 0 saturated carbocycles. The molecule has 0 aliphatic rings. The van der Waals surface area contributed by atoms with E-state index < -0.39 is 23.7 Å². The molecule has 1 aromatic rings. The zero-order valence-corrected chi connectivity index (χ0v) is 11.0. The van der Waals surface area contributed by atoms with E-state index in [2.05, 4.69) is 0 Å². The van der Waals surface area contributed by atoms with E-state index in [1.165, 1.54) is 6.07 Å². The molecule has 1 unspecified atom stereocenters. The van der Waals surface area contributed by atoms with Gasteiger partial charge in [-0.25, -0.2) is 4.39 Å². The second-order valence-electron chi connectivity index (χ2n) is 4.67. The molecule has 1 aromatic carbocycles. The summed E-state index contributed by atoms with van der Waals surface area (Å²) in [5.74, 6) is -1.07. The molecule has 5 heteroatoms. The fraction of sp³-hybridized carbons (Fsp3) is 0.571. The number of aliphatic hydroxyl groups is 1. The average Bonchev–Trinajstić information content (AvgIpc) is 2.34. The zero-order chi connectivity index (χ0) is 14.6. The molecule has 1 nitrogen and oxygen atoms in total. The number of halogens is 4. The first-order valence-corrected chi connectivity index (χ1v) is 6.34. The van der Waals surface area contributed by atoms with Crippen LogP contribution in [0, 0.1) is 11.7 Å². The van der Waals surface area contributed by atoms with E-state index in [0.29, 0.717) is 12.5 Å². The minimum Gasteiger partial charge on any atom is -0.388 e. The van der Waals surface area contributed by atoms with Gasteiger partial charge in [0.1, 0.15) is 5.82 Å². The van der Waals surface area contributed by atoms with Crippen molar-refractivity contribution >= 4 is 0 Å². The number of hydrogen-bond donors (Lipinski definition) is 1. The van der Waals surface area contributed by atoms with Gasteiger partial charge in [0, 0.05) is 0 Å². The van der Waals surface area contributed by atoms with Crippen molar-refractivity contribution in [1.29, 1.82) is 0 Å². The van der Waals surface area contributed by atoms with E-state index in [1.54, 1.807) is 0 Å². The summed E-state index contributed by atoms with van der Waals surface area (Å²) in [6, 6.07) is 2.66. The van der Waals surface area contributed by atoms with Crippen LogP contribution in [0.2, 0.25) is 0 Å². The van der Waals surface area contributed by atoms with Crippen LogP contribution in [0.25, 0.3) is 0 Å². The van der Waals surface area contributed by atoms with Gasteiger partial charge in [0.05, 0.1) is 11.7 Å². The quantitative estimate of drug-likeness (QED) is 0.774. The molecule has 1 atom stereocenters. The molecule has 0 aliphatic heterocycles.